The predicted octanol–water partition coefficient (Wildman–Crippen LogP) is 2.66. The standard InChI is InChI=1S/C15H19N/c1-4-8-16(9-5-1)12-13-10-14-6-2-3-7-15(14)11-13/h1-4,6-7,13H,5,8-12H2. The molecule has 3 rings (SSSR count). The molecule has 0 N–H and O–H groups in total. The molecule has 0 radical (unpaired) electrons. The van der Waals surface area contributed by atoms with Crippen LogP contribution in [0.5, 0.6) is 0 Å². The zero-order valence-electron chi connectivity index (χ0n) is 9.73. The first kappa shape index (κ1) is 10.1. The van der Waals surface area contributed by atoms with Crippen LogP contribution in [0.25, 0.3) is 0 Å². The van der Waals surface area contributed by atoms with Crippen LogP contribution < -0.4 is 0 Å². The van der Waals surface area contributed by atoms with Crippen LogP contribution >= 0.6 is 0 Å². The lowest BCUT2D eigenvalue weighted by Crippen LogP contribution is -2.32. The highest BCUT2D eigenvalue weighted by Crippen LogP contribution is 2.27. The molecule has 0 aromatic heterocycles. The molecular formula is C15H19N. The van der Waals surface area contributed by atoms with E-state index in [-0.39, 0.29) is 0 Å². The fraction of sp³-hybridized carbons (Fsp3) is 0.467. The van der Waals surface area contributed by atoms with Gasteiger partial charge in [0.25, 0.3) is 0 Å². The molecule has 1 heterocycles. The molecule has 1 aromatic carbocycles. The second kappa shape index (κ2) is 4.42. The summed E-state index contributed by atoms with van der Waals surface area (Å²) in [5.41, 5.74) is 3.17. The number of hydrogen-bond acceptors (Lipinski definition) is 1. The van der Waals surface area contributed by atoms with Crippen molar-refractivity contribution in [3.05, 3.63) is 47.5 Å². The highest BCUT2D eigenvalue weighted by Gasteiger charge is 2.22. The summed E-state index contributed by atoms with van der Waals surface area (Å²) in [7, 11) is 0. The Balaban J connectivity index is 1.61. The number of fused-ring (bicyclic) bond motifs is 1. The van der Waals surface area contributed by atoms with Gasteiger partial charge >= 0.3 is 0 Å². The first-order chi connectivity index (χ1) is 7.92. The Labute approximate surface area is 97.8 Å². The van der Waals surface area contributed by atoms with Gasteiger partial charge in [0.1, 0.15) is 0 Å². The lowest BCUT2D eigenvalue weighted by atomic mass is 10.1. The van der Waals surface area contributed by atoms with Crippen LogP contribution in [-0.4, -0.2) is 24.5 Å². The maximum atomic E-state index is 2.59. The van der Waals surface area contributed by atoms with Gasteiger partial charge in [0.15, 0.2) is 0 Å². The van der Waals surface area contributed by atoms with Crippen molar-refractivity contribution in [2.24, 2.45) is 5.92 Å². The fourth-order valence-corrected chi connectivity index (χ4v) is 3.00. The lowest BCUT2D eigenvalue weighted by Gasteiger charge is -2.25. The lowest BCUT2D eigenvalue weighted by molar-refractivity contribution is 0.252. The molecule has 0 unspecified atom stereocenters. The summed E-state index contributed by atoms with van der Waals surface area (Å²) in [6.45, 7) is 3.69. The fourth-order valence-electron chi connectivity index (χ4n) is 3.00. The van der Waals surface area contributed by atoms with E-state index in [1.807, 2.05) is 0 Å². The van der Waals surface area contributed by atoms with Crippen LogP contribution in [0.2, 0.25) is 0 Å². The molecule has 1 aromatic rings. The highest BCUT2D eigenvalue weighted by molar-refractivity contribution is 5.32. The summed E-state index contributed by atoms with van der Waals surface area (Å²) in [5.74, 6) is 0.851. The summed E-state index contributed by atoms with van der Waals surface area (Å²) in [6.07, 6.45) is 8.43. The van der Waals surface area contributed by atoms with E-state index in [2.05, 4.69) is 41.3 Å². The van der Waals surface area contributed by atoms with Gasteiger partial charge in [-0.15, -0.1) is 0 Å². The van der Waals surface area contributed by atoms with Crippen LogP contribution in [0.3, 0.4) is 0 Å². The van der Waals surface area contributed by atoms with Crippen molar-refractivity contribution < 1.29 is 0 Å². The molecule has 0 atom stereocenters. The van der Waals surface area contributed by atoms with E-state index >= 15 is 0 Å². The minimum atomic E-state index is 0.851. The molecule has 0 bridgehead atoms. The Kier molecular flexibility index (Phi) is 2.79. The van der Waals surface area contributed by atoms with Gasteiger partial charge in [0.2, 0.25) is 0 Å². The molecular weight excluding hydrogens is 194 g/mol. The first-order valence-electron chi connectivity index (χ1n) is 6.36. The highest BCUT2D eigenvalue weighted by atomic mass is 15.1. The van der Waals surface area contributed by atoms with Gasteiger partial charge in [-0.2, -0.15) is 0 Å². The number of nitrogens with zero attached hydrogens (tertiary/aromatic N) is 1. The quantitative estimate of drug-likeness (QED) is 0.683. The van der Waals surface area contributed by atoms with Gasteiger partial charge in [0, 0.05) is 19.6 Å². The van der Waals surface area contributed by atoms with E-state index in [4.69, 9.17) is 0 Å². The Morgan fingerprint density at radius 3 is 2.44 bits per heavy atom. The van der Waals surface area contributed by atoms with Gasteiger partial charge in [-0.25, -0.2) is 0 Å². The van der Waals surface area contributed by atoms with Crippen molar-refractivity contribution in [3.8, 4) is 0 Å². The Morgan fingerprint density at radius 1 is 1.06 bits per heavy atom. The first-order valence-corrected chi connectivity index (χ1v) is 6.36. The van der Waals surface area contributed by atoms with E-state index in [0.717, 1.165) is 12.5 Å². The minimum absolute atomic E-state index is 0.851. The summed E-state index contributed by atoms with van der Waals surface area (Å²) in [5, 5.41) is 0. The molecule has 1 nitrogen and oxygen atoms in total. The summed E-state index contributed by atoms with van der Waals surface area (Å²) in [4.78, 5) is 2.59. The minimum Gasteiger partial charge on any atom is -0.299 e. The normalized spacial score (nSPS) is 21.2. The van der Waals surface area contributed by atoms with Gasteiger partial charge in [0.05, 0.1) is 0 Å². The third-order valence-electron chi connectivity index (χ3n) is 3.79. The third kappa shape index (κ3) is 2.05. The molecule has 1 aliphatic carbocycles. The van der Waals surface area contributed by atoms with Crippen LogP contribution in [0.15, 0.2) is 36.4 Å². The van der Waals surface area contributed by atoms with Crippen molar-refractivity contribution >= 4 is 0 Å². The van der Waals surface area contributed by atoms with E-state index in [1.165, 1.54) is 32.4 Å². The summed E-state index contributed by atoms with van der Waals surface area (Å²) < 4.78 is 0. The van der Waals surface area contributed by atoms with Crippen molar-refractivity contribution in [2.45, 2.75) is 19.3 Å². The molecule has 0 saturated heterocycles. The van der Waals surface area contributed by atoms with Crippen LogP contribution in [-0.2, 0) is 12.8 Å². The Hall–Kier alpha value is -1.08. The zero-order valence-corrected chi connectivity index (χ0v) is 9.73. The van der Waals surface area contributed by atoms with Crippen LogP contribution in [0.1, 0.15) is 17.5 Å². The molecule has 0 amide bonds. The molecule has 16 heavy (non-hydrogen) atoms. The van der Waals surface area contributed by atoms with Crippen molar-refractivity contribution in [3.63, 3.8) is 0 Å². The second-order valence-electron chi connectivity index (χ2n) is 5.06. The molecule has 2 aliphatic rings. The molecule has 84 valence electrons. The molecule has 0 saturated carbocycles. The Bertz CT molecular complexity index is 369. The smallest absolute Gasteiger partial charge is 0.0163 e. The maximum Gasteiger partial charge on any atom is 0.0163 e. The second-order valence-corrected chi connectivity index (χ2v) is 5.06. The average molecular weight is 213 g/mol. The molecule has 1 heteroatoms. The van der Waals surface area contributed by atoms with Gasteiger partial charge in [-0.1, -0.05) is 36.4 Å². The largest absolute Gasteiger partial charge is 0.299 e. The SMILES string of the molecule is C1=CCN(CC2Cc3ccccc3C2)CC1. The third-order valence-corrected chi connectivity index (χ3v) is 3.79. The van der Waals surface area contributed by atoms with Gasteiger partial charge < -0.3 is 0 Å². The van der Waals surface area contributed by atoms with E-state index in [0.29, 0.717) is 0 Å². The van der Waals surface area contributed by atoms with Crippen molar-refractivity contribution in [1.29, 1.82) is 0 Å². The topological polar surface area (TPSA) is 3.24 Å². The zero-order chi connectivity index (χ0) is 10.8. The number of hydrogen-bond donors (Lipinski definition) is 0. The molecule has 1 aliphatic heterocycles. The van der Waals surface area contributed by atoms with Gasteiger partial charge in [-0.05, 0) is 36.3 Å². The monoisotopic (exact) mass is 213 g/mol. The molecule has 0 fully saturated rings. The van der Waals surface area contributed by atoms with Crippen molar-refractivity contribution in [1.82, 2.24) is 4.90 Å². The van der Waals surface area contributed by atoms with E-state index in [1.54, 1.807) is 11.1 Å². The van der Waals surface area contributed by atoms with Crippen LogP contribution in [0, 0.1) is 5.92 Å². The predicted molar refractivity (Wildman–Crippen MR) is 67.5 cm³/mol. The number of benzene rings is 1. The summed E-state index contributed by atoms with van der Waals surface area (Å²) >= 11 is 0. The summed E-state index contributed by atoms with van der Waals surface area (Å²) in [6, 6.07) is 8.94. The van der Waals surface area contributed by atoms with E-state index in [9.17, 15) is 0 Å². The Morgan fingerprint density at radius 2 is 1.81 bits per heavy atom. The van der Waals surface area contributed by atoms with E-state index < -0.39 is 0 Å². The van der Waals surface area contributed by atoms with Crippen molar-refractivity contribution in [2.75, 3.05) is 19.6 Å². The van der Waals surface area contributed by atoms with Gasteiger partial charge in [-0.3, -0.25) is 4.90 Å². The average Bonchev–Trinajstić information content (AvgIpc) is 2.72. The maximum absolute atomic E-state index is 2.59. The number of rotatable bonds is 2. The van der Waals surface area contributed by atoms with Crippen LogP contribution in [0.4, 0.5) is 0 Å². The molecule has 0 spiro atoms.